The van der Waals surface area contributed by atoms with Crippen LogP contribution >= 0.6 is 0 Å². The standard InChI is InChI=1S/C12H16N/c1-10-5-6-12(11(2)9-10)13-7-3-4-8-13/h5-6,9H,2-4,7-8H2,1H3. The van der Waals surface area contributed by atoms with Crippen LogP contribution in [0, 0.1) is 13.8 Å². The average molecular weight is 174 g/mol. The molecule has 0 unspecified atom stereocenters. The molecule has 1 heteroatoms. The average Bonchev–Trinajstić information content (AvgIpc) is 2.56. The van der Waals surface area contributed by atoms with Gasteiger partial charge in [-0.3, -0.25) is 0 Å². The van der Waals surface area contributed by atoms with E-state index in [1.165, 1.54) is 42.7 Å². The van der Waals surface area contributed by atoms with Crippen molar-refractivity contribution >= 4 is 5.69 Å². The van der Waals surface area contributed by atoms with Crippen LogP contribution in [0.4, 0.5) is 5.69 Å². The maximum absolute atomic E-state index is 4.08. The molecule has 0 aromatic heterocycles. The highest BCUT2D eigenvalue weighted by Gasteiger charge is 2.13. The number of aryl methyl sites for hydroxylation is 1. The molecule has 1 radical (unpaired) electrons. The van der Waals surface area contributed by atoms with Crippen molar-refractivity contribution in [2.75, 3.05) is 18.0 Å². The molecule has 0 atom stereocenters. The monoisotopic (exact) mass is 174 g/mol. The molecule has 0 saturated carbocycles. The van der Waals surface area contributed by atoms with E-state index in [9.17, 15) is 0 Å². The minimum atomic E-state index is 1.17. The fourth-order valence-corrected chi connectivity index (χ4v) is 1.98. The number of hydrogen-bond acceptors (Lipinski definition) is 1. The number of benzene rings is 1. The molecule has 0 aliphatic carbocycles. The highest BCUT2D eigenvalue weighted by Crippen LogP contribution is 2.24. The van der Waals surface area contributed by atoms with Gasteiger partial charge in [0.25, 0.3) is 0 Å². The third kappa shape index (κ3) is 1.69. The van der Waals surface area contributed by atoms with Crippen LogP contribution < -0.4 is 4.90 Å². The van der Waals surface area contributed by atoms with Gasteiger partial charge in [0.2, 0.25) is 0 Å². The Morgan fingerprint density at radius 3 is 2.54 bits per heavy atom. The lowest BCUT2D eigenvalue weighted by atomic mass is 10.1. The summed E-state index contributed by atoms with van der Waals surface area (Å²) >= 11 is 0. The number of nitrogens with zero attached hydrogens (tertiary/aromatic N) is 1. The molecule has 1 aliphatic rings. The summed E-state index contributed by atoms with van der Waals surface area (Å²) in [4.78, 5) is 2.43. The van der Waals surface area contributed by atoms with Crippen molar-refractivity contribution in [3.8, 4) is 0 Å². The fraction of sp³-hybridized carbons (Fsp3) is 0.417. The van der Waals surface area contributed by atoms with Crippen molar-refractivity contribution in [3.63, 3.8) is 0 Å². The van der Waals surface area contributed by atoms with Crippen molar-refractivity contribution in [2.24, 2.45) is 0 Å². The van der Waals surface area contributed by atoms with Gasteiger partial charge < -0.3 is 4.90 Å². The van der Waals surface area contributed by atoms with Crippen molar-refractivity contribution < 1.29 is 0 Å². The Labute approximate surface area is 80.4 Å². The summed E-state index contributed by atoms with van der Waals surface area (Å²) in [7, 11) is 0. The predicted molar refractivity (Wildman–Crippen MR) is 57.1 cm³/mol. The first kappa shape index (κ1) is 8.61. The first-order chi connectivity index (χ1) is 6.27. The Morgan fingerprint density at radius 2 is 1.92 bits per heavy atom. The van der Waals surface area contributed by atoms with Gasteiger partial charge in [-0.2, -0.15) is 0 Å². The lowest BCUT2D eigenvalue weighted by Gasteiger charge is -2.20. The maximum atomic E-state index is 4.08. The third-order valence-corrected chi connectivity index (χ3v) is 2.68. The van der Waals surface area contributed by atoms with Crippen LogP contribution in [-0.2, 0) is 0 Å². The normalized spacial score (nSPS) is 16.6. The Bertz CT molecular complexity index is 298. The molecule has 1 aliphatic heterocycles. The van der Waals surface area contributed by atoms with Crippen molar-refractivity contribution in [1.29, 1.82) is 0 Å². The summed E-state index contributed by atoms with van der Waals surface area (Å²) in [6.45, 7) is 8.60. The first-order valence-corrected chi connectivity index (χ1v) is 4.95. The molecule has 1 saturated heterocycles. The Hall–Kier alpha value is -0.980. The second-order valence-electron chi connectivity index (χ2n) is 3.83. The molecule has 1 nitrogen and oxygen atoms in total. The van der Waals surface area contributed by atoms with Gasteiger partial charge in [0.1, 0.15) is 0 Å². The topological polar surface area (TPSA) is 3.24 Å². The quantitative estimate of drug-likeness (QED) is 0.632. The molecule has 1 aromatic carbocycles. The molecule has 0 bridgehead atoms. The number of rotatable bonds is 1. The van der Waals surface area contributed by atoms with Crippen molar-refractivity contribution in [3.05, 3.63) is 36.2 Å². The van der Waals surface area contributed by atoms with E-state index in [4.69, 9.17) is 0 Å². The van der Waals surface area contributed by atoms with E-state index in [1.807, 2.05) is 0 Å². The van der Waals surface area contributed by atoms with Crippen LogP contribution in [0.25, 0.3) is 0 Å². The van der Waals surface area contributed by atoms with Crippen LogP contribution in [0.1, 0.15) is 24.0 Å². The van der Waals surface area contributed by atoms with E-state index in [-0.39, 0.29) is 0 Å². The Balaban J connectivity index is 2.29. The van der Waals surface area contributed by atoms with Crippen LogP contribution in [0.15, 0.2) is 18.2 Å². The lowest BCUT2D eigenvalue weighted by Crippen LogP contribution is -2.18. The SMILES string of the molecule is [CH2]c1cc(C)ccc1N1CCCC1. The van der Waals surface area contributed by atoms with Gasteiger partial charge in [0, 0.05) is 18.8 Å². The van der Waals surface area contributed by atoms with E-state index >= 15 is 0 Å². The molecule has 13 heavy (non-hydrogen) atoms. The molecule has 69 valence electrons. The Kier molecular flexibility index (Phi) is 2.26. The summed E-state index contributed by atoms with van der Waals surface area (Å²) in [5, 5.41) is 0. The smallest absolute Gasteiger partial charge is 0.0399 e. The molecular weight excluding hydrogens is 158 g/mol. The minimum absolute atomic E-state index is 1.17. The van der Waals surface area contributed by atoms with E-state index < -0.39 is 0 Å². The van der Waals surface area contributed by atoms with Gasteiger partial charge >= 0.3 is 0 Å². The minimum Gasteiger partial charge on any atom is -0.371 e. The highest BCUT2D eigenvalue weighted by atomic mass is 15.1. The molecular formula is C12H16N. The van der Waals surface area contributed by atoms with Crippen LogP contribution in [0.2, 0.25) is 0 Å². The summed E-state index contributed by atoms with van der Waals surface area (Å²) in [6.07, 6.45) is 2.65. The molecule has 0 amide bonds. The van der Waals surface area contributed by atoms with Gasteiger partial charge in [0.05, 0.1) is 0 Å². The zero-order chi connectivity index (χ0) is 9.26. The summed E-state index contributed by atoms with van der Waals surface area (Å²) in [6, 6.07) is 6.53. The maximum Gasteiger partial charge on any atom is 0.0399 e. The molecule has 1 aromatic rings. The van der Waals surface area contributed by atoms with Gasteiger partial charge in [-0.25, -0.2) is 0 Å². The van der Waals surface area contributed by atoms with Crippen LogP contribution in [0.3, 0.4) is 0 Å². The fourth-order valence-electron chi connectivity index (χ4n) is 1.98. The number of anilines is 1. The van der Waals surface area contributed by atoms with E-state index in [2.05, 4.69) is 36.9 Å². The van der Waals surface area contributed by atoms with Gasteiger partial charge in [-0.1, -0.05) is 17.7 Å². The molecule has 0 N–H and O–H groups in total. The summed E-state index contributed by atoms with van der Waals surface area (Å²) < 4.78 is 0. The van der Waals surface area contributed by atoms with Crippen molar-refractivity contribution in [1.82, 2.24) is 0 Å². The summed E-state index contributed by atoms with van der Waals surface area (Å²) in [5.74, 6) is 0. The molecule has 1 fully saturated rings. The zero-order valence-corrected chi connectivity index (χ0v) is 8.21. The molecule has 2 rings (SSSR count). The Morgan fingerprint density at radius 1 is 1.23 bits per heavy atom. The highest BCUT2D eigenvalue weighted by molar-refractivity contribution is 5.56. The predicted octanol–water partition coefficient (Wildman–Crippen LogP) is 2.78. The van der Waals surface area contributed by atoms with Crippen LogP contribution in [-0.4, -0.2) is 13.1 Å². The van der Waals surface area contributed by atoms with E-state index in [0.717, 1.165) is 0 Å². The molecule has 1 heterocycles. The second kappa shape index (κ2) is 3.41. The van der Waals surface area contributed by atoms with Gasteiger partial charge in [0.15, 0.2) is 0 Å². The third-order valence-electron chi connectivity index (χ3n) is 2.68. The van der Waals surface area contributed by atoms with Gasteiger partial charge in [-0.05, 0) is 38.3 Å². The van der Waals surface area contributed by atoms with E-state index in [0.29, 0.717) is 0 Å². The largest absolute Gasteiger partial charge is 0.371 e. The lowest BCUT2D eigenvalue weighted by molar-refractivity contribution is 0.949. The number of hydrogen-bond donors (Lipinski definition) is 0. The van der Waals surface area contributed by atoms with Gasteiger partial charge in [-0.15, -0.1) is 0 Å². The van der Waals surface area contributed by atoms with E-state index in [1.54, 1.807) is 0 Å². The zero-order valence-electron chi connectivity index (χ0n) is 8.21. The van der Waals surface area contributed by atoms with Crippen LogP contribution in [0.5, 0.6) is 0 Å². The second-order valence-corrected chi connectivity index (χ2v) is 3.83. The summed E-state index contributed by atoms with van der Waals surface area (Å²) in [5.41, 5.74) is 3.79. The first-order valence-electron chi connectivity index (χ1n) is 4.95. The van der Waals surface area contributed by atoms with Crippen molar-refractivity contribution in [2.45, 2.75) is 19.8 Å². The molecule has 0 spiro atoms.